The van der Waals surface area contributed by atoms with Crippen LogP contribution < -0.4 is 10.5 Å². The molecule has 2 rings (SSSR count). The number of benzene rings is 2. The van der Waals surface area contributed by atoms with Crippen LogP contribution in [-0.2, 0) is 11.3 Å². The van der Waals surface area contributed by atoms with Gasteiger partial charge in [0.2, 0.25) is 0 Å². The molecule has 5 nitrogen and oxygen atoms in total. The van der Waals surface area contributed by atoms with Crippen molar-refractivity contribution >= 4 is 11.7 Å². The Labute approximate surface area is 142 Å². The Morgan fingerprint density at radius 1 is 1.04 bits per heavy atom. The first-order chi connectivity index (χ1) is 11.6. The van der Waals surface area contributed by atoms with Gasteiger partial charge < -0.3 is 15.6 Å². The van der Waals surface area contributed by atoms with Crippen molar-refractivity contribution in [1.82, 2.24) is 4.90 Å². The van der Waals surface area contributed by atoms with Gasteiger partial charge >= 0.3 is 5.97 Å². The Balaban J connectivity index is 1.84. The van der Waals surface area contributed by atoms with Gasteiger partial charge in [-0.1, -0.05) is 30.3 Å². The second-order valence-electron chi connectivity index (χ2n) is 5.68. The first-order valence-electron chi connectivity index (χ1n) is 8.10. The maximum atomic E-state index is 10.7. The zero-order chi connectivity index (χ0) is 17.2. The van der Waals surface area contributed by atoms with Crippen molar-refractivity contribution in [2.75, 3.05) is 25.4 Å². The Bertz CT molecular complexity index is 614. The van der Waals surface area contributed by atoms with E-state index in [0.717, 1.165) is 25.4 Å². The lowest BCUT2D eigenvalue weighted by Crippen LogP contribution is -2.29. The summed E-state index contributed by atoms with van der Waals surface area (Å²) < 4.78 is 5.74. The molecule has 128 valence electrons. The standard InChI is InChI=1S/C19H24N2O3/c20-17-8-10-18(11-9-17)24-14-13-21(12-4-7-19(22)23)15-16-5-2-1-3-6-16/h1-3,5-6,8-11H,4,7,12-15,20H2,(H,22,23). The number of ether oxygens (including phenoxy) is 1. The number of aliphatic carboxylic acids is 1. The summed E-state index contributed by atoms with van der Waals surface area (Å²) in [5.74, 6) is 0.0298. The van der Waals surface area contributed by atoms with Crippen LogP contribution in [0.25, 0.3) is 0 Å². The van der Waals surface area contributed by atoms with Crippen molar-refractivity contribution in [2.24, 2.45) is 0 Å². The van der Waals surface area contributed by atoms with Gasteiger partial charge in [-0.15, -0.1) is 0 Å². The first kappa shape index (κ1) is 17.8. The molecule has 0 heterocycles. The third-order valence-corrected chi connectivity index (χ3v) is 3.67. The summed E-state index contributed by atoms with van der Waals surface area (Å²) in [4.78, 5) is 12.9. The summed E-state index contributed by atoms with van der Waals surface area (Å²) in [6.07, 6.45) is 0.814. The second kappa shape index (κ2) is 9.57. The molecular formula is C19H24N2O3. The SMILES string of the molecule is Nc1ccc(OCCN(CCCC(=O)O)Cc2ccccc2)cc1. The highest BCUT2D eigenvalue weighted by molar-refractivity contribution is 5.66. The molecule has 0 aliphatic heterocycles. The molecule has 0 saturated heterocycles. The first-order valence-corrected chi connectivity index (χ1v) is 8.10. The average molecular weight is 328 g/mol. The normalized spacial score (nSPS) is 10.7. The fraction of sp³-hybridized carbons (Fsp3) is 0.316. The molecule has 24 heavy (non-hydrogen) atoms. The summed E-state index contributed by atoms with van der Waals surface area (Å²) in [7, 11) is 0. The van der Waals surface area contributed by atoms with Gasteiger partial charge in [0.15, 0.2) is 0 Å². The van der Waals surface area contributed by atoms with Crippen LogP contribution in [0.2, 0.25) is 0 Å². The predicted octanol–water partition coefficient (Wildman–Crippen LogP) is 3.01. The number of carboxylic acid groups (broad SMARTS) is 1. The van der Waals surface area contributed by atoms with Gasteiger partial charge in [-0.2, -0.15) is 0 Å². The highest BCUT2D eigenvalue weighted by atomic mass is 16.5. The van der Waals surface area contributed by atoms with E-state index in [2.05, 4.69) is 17.0 Å². The molecule has 5 heteroatoms. The van der Waals surface area contributed by atoms with Crippen LogP contribution in [0.1, 0.15) is 18.4 Å². The minimum absolute atomic E-state index is 0.185. The summed E-state index contributed by atoms with van der Waals surface area (Å²) >= 11 is 0. The lowest BCUT2D eigenvalue weighted by Gasteiger charge is -2.22. The molecule has 0 spiro atoms. The van der Waals surface area contributed by atoms with Gasteiger partial charge in [0.1, 0.15) is 12.4 Å². The number of nitrogen functional groups attached to an aromatic ring is 1. The minimum Gasteiger partial charge on any atom is -0.492 e. The quantitative estimate of drug-likeness (QED) is 0.656. The van der Waals surface area contributed by atoms with E-state index in [1.807, 2.05) is 42.5 Å². The van der Waals surface area contributed by atoms with Crippen molar-refractivity contribution in [3.63, 3.8) is 0 Å². The predicted molar refractivity (Wildman–Crippen MR) is 94.9 cm³/mol. The molecule has 0 bridgehead atoms. The molecule has 2 aromatic rings. The Morgan fingerprint density at radius 2 is 1.75 bits per heavy atom. The van der Waals surface area contributed by atoms with E-state index in [1.54, 1.807) is 0 Å². The maximum absolute atomic E-state index is 10.7. The van der Waals surface area contributed by atoms with Gasteiger partial charge in [-0.25, -0.2) is 0 Å². The third kappa shape index (κ3) is 6.71. The Morgan fingerprint density at radius 3 is 2.42 bits per heavy atom. The largest absolute Gasteiger partial charge is 0.492 e. The molecule has 0 atom stereocenters. The molecule has 0 fully saturated rings. The molecule has 0 radical (unpaired) electrons. The lowest BCUT2D eigenvalue weighted by molar-refractivity contribution is -0.137. The van der Waals surface area contributed by atoms with Crippen LogP contribution in [0.4, 0.5) is 5.69 Å². The van der Waals surface area contributed by atoms with Crippen LogP contribution in [0.15, 0.2) is 54.6 Å². The smallest absolute Gasteiger partial charge is 0.303 e. The van der Waals surface area contributed by atoms with Crippen molar-refractivity contribution < 1.29 is 14.6 Å². The number of anilines is 1. The van der Waals surface area contributed by atoms with Crippen LogP contribution >= 0.6 is 0 Å². The number of carboxylic acids is 1. The number of rotatable bonds is 10. The highest BCUT2D eigenvalue weighted by Crippen LogP contribution is 2.13. The zero-order valence-electron chi connectivity index (χ0n) is 13.7. The second-order valence-corrected chi connectivity index (χ2v) is 5.68. The van der Waals surface area contributed by atoms with E-state index in [1.165, 1.54) is 5.56 Å². The molecular weight excluding hydrogens is 304 g/mol. The molecule has 0 aromatic heterocycles. The molecule has 0 aliphatic carbocycles. The summed E-state index contributed by atoms with van der Waals surface area (Å²) in [6.45, 7) is 2.79. The number of nitrogens with zero attached hydrogens (tertiary/aromatic N) is 1. The summed E-state index contributed by atoms with van der Waals surface area (Å²) in [5.41, 5.74) is 7.58. The fourth-order valence-corrected chi connectivity index (χ4v) is 2.42. The van der Waals surface area contributed by atoms with Crippen LogP contribution in [0.5, 0.6) is 5.75 Å². The zero-order valence-corrected chi connectivity index (χ0v) is 13.7. The number of carbonyl (C=O) groups is 1. The van der Waals surface area contributed by atoms with E-state index in [-0.39, 0.29) is 6.42 Å². The topological polar surface area (TPSA) is 75.8 Å². The minimum atomic E-state index is -0.757. The molecule has 0 amide bonds. The third-order valence-electron chi connectivity index (χ3n) is 3.67. The van der Waals surface area contributed by atoms with Gasteiger partial charge in [0, 0.05) is 25.2 Å². The van der Waals surface area contributed by atoms with Crippen LogP contribution in [-0.4, -0.2) is 35.7 Å². The fourth-order valence-electron chi connectivity index (χ4n) is 2.42. The van der Waals surface area contributed by atoms with E-state index in [4.69, 9.17) is 15.6 Å². The van der Waals surface area contributed by atoms with E-state index in [9.17, 15) is 4.79 Å². The van der Waals surface area contributed by atoms with Gasteiger partial charge in [0.25, 0.3) is 0 Å². The van der Waals surface area contributed by atoms with Crippen molar-refractivity contribution in [2.45, 2.75) is 19.4 Å². The van der Waals surface area contributed by atoms with E-state index < -0.39 is 5.97 Å². The van der Waals surface area contributed by atoms with E-state index in [0.29, 0.717) is 18.7 Å². The number of hydrogen-bond acceptors (Lipinski definition) is 4. The molecule has 0 saturated carbocycles. The molecule has 0 aliphatic rings. The Kier molecular flexibility index (Phi) is 7.11. The molecule has 2 aromatic carbocycles. The van der Waals surface area contributed by atoms with Gasteiger partial charge in [0.05, 0.1) is 0 Å². The average Bonchev–Trinajstić information content (AvgIpc) is 2.57. The van der Waals surface area contributed by atoms with Crippen LogP contribution in [0.3, 0.4) is 0 Å². The summed E-state index contributed by atoms with van der Waals surface area (Å²) in [6, 6.07) is 17.5. The Hall–Kier alpha value is -2.53. The maximum Gasteiger partial charge on any atom is 0.303 e. The number of nitrogens with two attached hydrogens (primary N) is 1. The molecule has 0 unspecified atom stereocenters. The monoisotopic (exact) mass is 328 g/mol. The van der Waals surface area contributed by atoms with Crippen LogP contribution in [0, 0.1) is 0 Å². The van der Waals surface area contributed by atoms with Crippen molar-refractivity contribution in [3.05, 3.63) is 60.2 Å². The van der Waals surface area contributed by atoms with Crippen molar-refractivity contribution in [3.8, 4) is 5.75 Å². The van der Waals surface area contributed by atoms with Gasteiger partial charge in [-0.05, 0) is 42.8 Å². The van der Waals surface area contributed by atoms with Gasteiger partial charge in [-0.3, -0.25) is 9.69 Å². The molecule has 3 N–H and O–H groups in total. The lowest BCUT2D eigenvalue weighted by atomic mass is 10.2. The summed E-state index contributed by atoms with van der Waals surface area (Å²) in [5, 5.41) is 8.81. The van der Waals surface area contributed by atoms with Crippen molar-refractivity contribution in [1.29, 1.82) is 0 Å². The number of hydrogen-bond donors (Lipinski definition) is 2. The highest BCUT2D eigenvalue weighted by Gasteiger charge is 2.08. The van der Waals surface area contributed by atoms with E-state index >= 15 is 0 Å².